The summed E-state index contributed by atoms with van der Waals surface area (Å²) in [4.78, 5) is 25.8. The standard InChI is InChI=1S/C20H22N2O4S/c1-13-10-18(14(2)22(13)12-16-6-4-8-25-16)20(24)26-15(3)19(23)21-11-17-7-5-9-27-17/h4-10,15H,11-12H2,1-3H3,(H,21,23)/t15-/m0/s1. The minimum Gasteiger partial charge on any atom is -0.467 e. The maximum atomic E-state index is 12.5. The average Bonchev–Trinajstić information content (AvgIpc) is 3.38. The molecule has 6 nitrogen and oxygen atoms in total. The van der Waals surface area contributed by atoms with Gasteiger partial charge in [-0.1, -0.05) is 6.07 Å². The van der Waals surface area contributed by atoms with Crippen LogP contribution >= 0.6 is 11.3 Å². The molecule has 0 saturated carbocycles. The number of aromatic nitrogens is 1. The van der Waals surface area contributed by atoms with E-state index in [1.165, 1.54) is 0 Å². The number of esters is 1. The predicted octanol–water partition coefficient (Wildman–Crippen LogP) is 3.67. The van der Waals surface area contributed by atoms with Crippen molar-refractivity contribution in [2.75, 3.05) is 0 Å². The van der Waals surface area contributed by atoms with Crippen molar-refractivity contribution in [3.05, 3.63) is 69.6 Å². The largest absolute Gasteiger partial charge is 0.467 e. The molecule has 3 aromatic rings. The molecule has 1 atom stereocenters. The number of thiophene rings is 1. The molecule has 0 saturated heterocycles. The van der Waals surface area contributed by atoms with Gasteiger partial charge in [0.1, 0.15) is 5.76 Å². The van der Waals surface area contributed by atoms with Crippen LogP contribution in [0.3, 0.4) is 0 Å². The molecule has 7 heteroatoms. The first-order valence-corrected chi connectivity index (χ1v) is 9.54. The predicted molar refractivity (Wildman–Crippen MR) is 103 cm³/mol. The Bertz CT molecular complexity index is 910. The number of hydrogen-bond acceptors (Lipinski definition) is 5. The van der Waals surface area contributed by atoms with Crippen LogP contribution in [0.25, 0.3) is 0 Å². The van der Waals surface area contributed by atoms with Crippen LogP contribution in [0.15, 0.2) is 46.4 Å². The molecule has 1 amide bonds. The van der Waals surface area contributed by atoms with Gasteiger partial charge in [0.05, 0.1) is 24.9 Å². The molecule has 0 aliphatic carbocycles. The van der Waals surface area contributed by atoms with E-state index in [0.29, 0.717) is 18.7 Å². The highest BCUT2D eigenvalue weighted by Crippen LogP contribution is 2.19. The van der Waals surface area contributed by atoms with Gasteiger partial charge in [0.25, 0.3) is 5.91 Å². The van der Waals surface area contributed by atoms with Gasteiger partial charge in [-0.05, 0) is 50.4 Å². The second kappa shape index (κ2) is 8.26. The summed E-state index contributed by atoms with van der Waals surface area (Å²) in [6, 6.07) is 9.35. The summed E-state index contributed by atoms with van der Waals surface area (Å²) >= 11 is 1.56. The van der Waals surface area contributed by atoms with E-state index in [9.17, 15) is 9.59 Å². The molecular weight excluding hydrogens is 364 g/mol. The number of rotatable bonds is 7. The van der Waals surface area contributed by atoms with Crippen molar-refractivity contribution in [2.45, 2.75) is 40.0 Å². The summed E-state index contributed by atoms with van der Waals surface area (Å²) in [5.41, 5.74) is 2.16. The van der Waals surface area contributed by atoms with Crippen molar-refractivity contribution in [2.24, 2.45) is 0 Å². The van der Waals surface area contributed by atoms with Crippen LogP contribution in [0.1, 0.15) is 39.3 Å². The SMILES string of the molecule is Cc1cc(C(=O)O[C@@H](C)C(=O)NCc2cccs2)c(C)n1Cc1ccco1. The van der Waals surface area contributed by atoms with Gasteiger partial charge in [-0.2, -0.15) is 0 Å². The molecule has 142 valence electrons. The number of nitrogens with zero attached hydrogens (tertiary/aromatic N) is 1. The number of furan rings is 1. The lowest BCUT2D eigenvalue weighted by molar-refractivity contribution is -0.129. The quantitative estimate of drug-likeness (QED) is 0.629. The molecule has 3 aromatic heterocycles. The molecule has 0 fully saturated rings. The maximum Gasteiger partial charge on any atom is 0.340 e. The Kier molecular flexibility index (Phi) is 5.81. The summed E-state index contributed by atoms with van der Waals surface area (Å²) < 4.78 is 12.7. The molecule has 0 aromatic carbocycles. The number of hydrogen-bond donors (Lipinski definition) is 1. The first kappa shape index (κ1) is 19.0. The molecular formula is C20H22N2O4S. The maximum absolute atomic E-state index is 12.5. The third-order valence-electron chi connectivity index (χ3n) is 4.36. The summed E-state index contributed by atoms with van der Waals surface area (Å²) in [6.45, 7) is 6.31. The number of nitrogens with one attached hydrogen (secondary N) is 1. The molecule has 0 unspecified atom stereocenters. The number of aryl methyl sites for hydroxylation is 1. The molecule has 0 spiro atoms. The Morgan fingerprint density at radius 3 is 2.78 bits per heavy atom. The Labute approximate surface area is 161 Å². The first-order valence-electron chi connectivity index (χ1n) is 8.66. The van der Waals surface area contributed by atoms with Crippen LogP contribution in [0, 0.1) is 13.8 Å². The van der Waals surface area contributed by atoms with Crippen molar-refractivity contribution < 1.29 is 18.7 Å². The lowest BCUT2D eigenvalue weighted by atomic mass is 10.2. The number of carbonyl (C=O) groups excluding carboxylic acids is 2. The monoisotopic (exact) mass is 386 g/mol. The molecule has 1 N–H and O–H groups in total. The van der Waals surface area contributed by atoms with Crippen LogP contribution in [0.2, 0.25) is 0 Å². The molecule has 0 aliphatic heterocycles. The second-order valence-electron chi connectivity index (χ2n) is 6.30. The normalized spacial score (nSPS) is 12.0. The van der Waals surface area contributed by atoms with Gasteiger partial charge >= 0.3 is 5.97 Å². The molecule has 3 rings (SSSR count). The minimum absolute atomic E-state index is 0.318. The summed E-state index contributed by atoms with van der Waals surface area (Å²) in [5.74, 6) is -0.0215. The van der Waals surface area contributed by atoms with Crippen LogP contribution in [0.5, 0.6) is 0 Å². The molecule has 0 bridgehead atoms. The number of amides is 1. The zero-order valence-electron chi connectivity index (χ0n) is 15.5. The van der Waals surface area contributed by atoms with Gasteiger partial charge in [-0.3, -0.25) is 4.79 Å². The Morgan fingerprint density at radius 2 is 2.11 bits per heavy atom. The van der Waals surface area contributed by atoms with Crippen molar-refractivity contribution in [1.82, 2.24) is 9.88 Å². The highest BCUT2D eigenvalue weighted by molar-refractivity contribution is 7.09. The van der Waals surface area contributed by atoms with Crippen LogP contribution in [-0.4, -0.2) is 22.5 Å². The molecule has 3 heterocycles. The van der Waals surface area contributed by atoms with Crippen molar-refractivity contribution in [3.8, 4) is 0 Å². The summed E-state index contributed by atoms with van der Waals surface area (Å²) in [7, 11) is 0. The van der Waals surface area contributed by atoms with Crippen molar-refractivity contribution >= 4 is 23.2 Å². The number of carbonyl (C=O) groups is 2. The van der Waals surface area contributed by atoms with E-state index >= 15 is 0 Å². The highest BCUT2D eigenvalue weighted by atomic mass is 32.1. The fraction of sp³-hybridized carbons (Fsp3) is 0.300. The topological polar surface area (TPSA) is 73.5 Å². The first-order chi connectivity index (χ1) is 13.0. The van der Waals surface area contributed by atoms with E-state index in [0.717, 1.165) is 22.0 Å². The lowest BCUT2D eigenvalue weighted by Gasteiger charge is -2.13. The highest BCUT2D eigenvalue weighted by Gasteiger charge is 2.22. The van der Waals surface area contributed by atoms with E-state index in [2.05, 4.69) is 5.32 Å². The van der Waals surface area contributed by atoms with Gasteiger partial charge in [-0.25, -0.2) is 4.79 Å². The summed E-state index contributed by atoms with van der Waals surface area (Å²) in [6.07, 6.45) is 0.750. The van der Waals surface area contributed by atoms with Crippen molar-refractivity contribution in [1.29, 1.82) is 0 Å². The van der Waals surface area contributed by atoms with E-state index < -0.39 is 12.1 Å². The van der Waals surface area contributed by atoms with Crippen LogP contribution < -0.4 is 5.32 Å². The Balaban J connectivity index is 1.62. The van der Waals surface area contributed by atoms with Gasteiger partial charge in [0.2, 0.25) is 0 Å². The van der Waals surface area contributed by atoms with E-state index in [-0.39, 0.29) is 5.91 Å². The van der Waals surface area contributed by atoms with Crippen LogP contribution in [0.4, 0.5) is 0 Å². The number of ether oxygens (including phenoxy) is 1. The Hall–Kier alpha value is -2.80. The zero-order valence-corrected chi connectivity index (χ0v) is 16.3. The fourth-order valence-electron chi connectivity index (χ4n) is 2.82. The van der Waals surface area contributed by atoms with Gasteiger partial charge in [0, 0.05) is 16.3 Å². The van der Waals surface area contributed by atoms with Crippen molar-refractivity contribution in [3.63, 3.8) is 0 Å². The minimum atomic E-state index is -0.870. The lowest BCUT2D eigenvalue weighted by Crippen LogP contribution is -2.35. The van der Waals surface area contributed by atoms with E-state index in [1.54, 1.807) is 30.6 Å². The smallest absolute Gasteiger partial charge is 0.340 e. The third kappa shape index (κ3) is 4.49. The molecule has 0 radical (unpaired) electrons. The fourth-order valence-corrected chi connectivity index (χ4v) is 3.46. The Morgan fingerprint density at radius 1 is 1.30 bits per heavy atom. The third-order valence-corrected chi connectivity index (χ3v) is 5.23. The van der Waals surface area contributed by atoms with Gasteiger partial charge in [-0.15, -0.1) is 11.3 Å². The second-order valence-corrected chi connectivity index (χ2v) is 7.33. The van der Waals surface area contributed by atoms with E-state index in [4.69, 9.17) is 9.15 Å². The molecule has 0 aliphatic rings. The zero-order chi connectivity index (χ0) is 19.4. The van der Waals surface area contributed by atoms with Crippen LogP contribution in [-0.2, 0) is 22.6 Å². The molecule has 27 heavy (non-hydrogen) atoms. The van der Waals surface area contributed by atoms with Gasteiger partial charge < -0.3 is 19.0 Å². The van der Waals surface area contributed by atoms with E-state index in [1.807, 2.05) is 48.1 Å². The average molecular weight is 386 g/mol. The van der Waals surface area contributed by atoms with Gasteiger partial charge in [0.15, 0.2) is 6.10 Å². The summed E-state index contributed by atoms with van der Waals surface area (Å²) in [5, 5.41) is 4.73.